The Kier molecular flexibility index (Phi) is 4.18. The summed E-state index contributed by atoms with van der Waals surface area (Å²) in [5.74, 6) is 0.971. The molecule has 136 valence electrons. The highest BCUT2D eigenvalue weighted by molar-refractivity contribution is 7.89. The maximum atomic E-state index is 11.3. The van der Waals surface area contributed by atoms with E-state index in [1.807, 2.05) is 18.2 Å². The minimum absolute atomic E-state index is 0.0404. The molecule has 0 aliphatic carbocycles. The van der Waals surface area contributed by atoms with Crippen molar-refractivity contribution < 1.29 is 8.42 Å². The molecule has 0 radical (unpaired) electrons. The van der Waals surface area contributed by atoms with Crippen LogP contribution < -0.4 is 15.8 Å². The Morgan fingerprint density at radius 2 is 1.70 bits per heavy atom. The van der Waals surface area contributed by atoms with Crippen LogP contribution in [0.4, 0.5) is 23.1 Å². The summed E-state index contributed by atoms with van der Waals surface area (Å²) < 4.78 is 22.6. The first-order chi connectivity index (χ1) is 13.0. The van der Waals surface area contributed by atoms with Crippen LogP contribution in [0, 0.1) is 0 Å². The fourth-order valence-electron chi connectivity index (χ4n) is 2.51. The van der Waals surface area contributed by atoms with Gasteiger partial charge in [0.05, 0.1) is 22.3 Å². The Labute approximate surface area is 154 Å². The fraction of sp³-hybridized carbons (Fsp3) is 0. The van der Waals surface area contributed by atoms with Crippen molar-refractivity contribution in [3.8, 4) is 0 Å². The van der Waals surface area contributed by atoms with Crippen LogP contribution in [0.1, 0.15) is 0 Å². The molecule has 5 N–H and O–H groups in total. The number of anilines is 4. The molecule has 2 aromatic carbocycles. The Hall–Kier alpha value is -3.50. The van der Waals surface area contributed by atoms with Gasteiger partial charge in [-0.15, -0.1) is 0 Å². The second-order valence-electron chi connectivity index (χ2n) is 5.72. The standard InChI is InChI=1S/C17H15N7O2S/c18-27(25,26)13-4-1-11(2-5-13)23-17-19-8-7-16(24-17)22-12-3-6-14-15(9-12)21-10-20-14/h1-10H,(H,20,21)(H2,18,25,26)(H2,19,22,23,24). The van der Waals surface area contributed by atoms with Gasteiger partial charge >= 0.3 is 0 Å². The first-order valence-electron chi connectivity index (χ1n) is 7.90. The summed E-state index contributed by atoms with van der Waals surface area (Å²) in [6.45, 7) is 0. The molecule has 10 heteroatoms. The number of nitrogens with one attached hydrogen (secondary N) is 3. The third-order valence-corrected chi connectivity index (χ3v) is 4.72. The molecule has 2 heterocycles. The zero-order valence-electron chi connectivity index (χ0n) is 13.9. The number of aromatic nitrogens is 4. The van der Waals surface area contributed by atoms with Crippen LogP contribution in [0.15, 0.2) is 66.0 Å². The molecule has 4 aromatic rings. The number of nitrogens with two attached hydrogens (primary N) is 1. The topological polar surface area (TPSA) is 139 Å². The van der Waals surface area contributed by atoms with Crippen LogP contribution in [0.5, 0.6) is 0 Å². The predicted molar refractivity (Wildman–Crippen MR) is 103 cm³/mol. The number of benzene rings is 2. The lowest BCUT2D eigenvalue weighted by molar-refractivity contribution is 0.598. The molecule has 0 unspecified atom stereocenters. The number of aromatic amines is 1. The third kappa shape index (κ3) is 3.86. The molecular weight excluding hydrogens is 366 g/mol. The average Bonchev–Trinajstić information content (AvgIpc) is 3.09. The SMILES string of the molecule is NS(=O)(=O)c1ccc(Nc2nccc(Nc3ccc4nc[nH]c4c3)n2)cc1. The lowest BCUT2D eigenvalue weighted by Crippen LogP contribution is -2.11. The van der Waals surface area contributed by atoms with Crippen LogP contribution in [0.3, 0.4) is 0 Å². The molecular formula is C17H15N7O2S. The number of sulfonamides is 1. The molecule has 0 fully saturated rings. The number of hydrogen-bond donors (Lipinski definition) is 4. The summed E-state index contributed by atoms with van der Waals surface area (Å²) in [4.78, 5) is 15.8. The Morgan fingerprint density at radius 1 is 0.926 bits per heavy atom. The van der Waals surface area contributed by atoms with E-state index in [2.05, 4.69) is 30.6 Å². The monoisotopic (exact) mass is 381 g/mol. The van der Waals surface area contributed by atoms with Crippen molar-refractivity contribution in [2.24, 2.45) is 5.14 Å². The van der Waals surface area contributed by atoms with E-state index in [-0.39, 0.29) is 4.90 Å². The summed E-state index contributed by atoms with van der Waals surface area (Å²) in [6.07, 6.45) is 3.26. The largest absolute Gasteiger partial charge is 0.345 e. The van der Waals surface area contributed by atoms with Crippen LogP contribution in [-0.2, 0) is 10.0 Å². The lowest BCUT2D eigenvalue weighted by atomic mass is 10.3. The highest BCUT2D eigenvalue weighted by Gasteiger charge is 2.07. The van der Waals surface area contributed by atoms with Crippen molar-refractivity contribution in [2.75, 3.05) is 10.6 Å². The maximum absolute atomic E-state index is 11.3. The molecule has 0 aliphatic rings. The van der Waals surface area contributed by atoms with Crippen molar-refractivity contribution in [1.82, 2.24) is 19.9 Å². The summed E-state index contributed by atoms with van der Waals surface area (Å²) >= 11 is 0. The average molecular weight is 381 g/mol. The highest BCUT2D eigenvalue weighted by Crippen LogP contribution is 2.21. The molecule has 0 spiro atoms. The molecule has 0 amide bonds. The van der Waals surface area contributed by atoms with Gasteiger partial charge in [0.1, 0.15) is 5.82 Å². The molecule has 2 aromatic heterocycles. The van der Waals surface area contributed by atoms with E-state index < -0.39 is 10.0 Å². The van der Waals surface area contributed by atoms with Gasteiger partial charge < -0.3 is 15.6 Å². The van der Waals surface area contributed by atoms with Crippen molar-refractivity contribution in [2.45, 2.75) is 4.90 Å². The fourth-order valence-corrected chi connectivity index (χ4v) is 3.02. The second kappa shape index (κ2) is 6.67. The summed E-state index contributed by atoms with van der Waals surface area (Å²) in [5, 5.41) is 11.3. The van der Waals surface area contributed by atoms with Crippen molar-refractivity contribution in [3.05, 3.63) is 61.1 Å². The van der Waals surface area contributed by atoms with E-state index in [1.54, 1.807) is 30.7 Å². The smallest absolute Gasteiger partial charge is 0.238 e. The van der Waals surface area contributed by atoms with Gasteiger partial charge in [0, 0.05) is 17.6 Å². The van der Waals surface area contributed by atoms with E-state index >= 15 is 0 Å². The zero-order valence-corrected chi connectivity index (χ0v) is 14.7. The molecule has 9 nitrogen and oxygen atoms in total. The predicted octanol–water partition coefficient (Wildman–Crippen LogP) is 2.49. The molecule has 0 aliphatic heterocycles. The number of hydrogen-bond acceptors (Lipinski definition) is 7. The van der Waals surface area contributed by atoms with Crippen molar-refractivity contribution in [1.29, 1.82) is 0 Å². The van der Waals surface area contributed by atoms with Gasteiger partial charge in [-0.2, -0.15) is 4.98 Å². The summed E-state index contributed by atoms with van der Waals surface area (Å²) in [6, 6.07) is 13.5. The van der Waals surface area contributed by atoms with Gasteiger partial charge in [-0.25, -0.2) is 23.5 Å². The zero-order chi connectivity index (χ0) is 18.9. The summed E-state index contributed by atoms with van der Waals surface area (Å²) in [5.41, 5.74) is 3.29. The normalized spacial score (nSPS) is 11.4. The number of fused-ring (bicyclic) bond motifs is 1. The number of H-pyrrole nitrogens is 1. The van der Waals surface area contributed by atoms with E-state index in [4.69, 9.17) is 5.14 Å². The summed E-state index contributed by atoms with van der Waals surface area (Å²) in [7, 11) is -3.72. The van der Waals surface area contributed by atoms with E-state index in [1.165, 1.54) is 12.1 Å². The van der Waals surface area contributed by atoms with Crippen LogP contribution in [-0.4, -0.2) is 28.4 Å². The first kappa shape index (κ1) is 16.9. The number of imidazole rings is 1. The number of nitrogens with zero attached hydrogens (tertiary/aromatic N) is 3. The Bertz CT molecular complexity index is 1200. The highest BCUT2D eigenvalue weighted by atomic mass is 32.2. The number of rotatable bonds is 5. The van der Waals surface area contributed by atoms with Gasteiger partial charge in [-0.3, -0.25) is 0 Å². The van der Waals surface area contributed by atoms with E-state index in [0.717, 1.165) is 16.7 Å². The van der Waals surface area contributed by atoms with Crippen molar-refractivity contribution in [3.63, 3.8) is 0 Å². The third-order valence-electron chi connectivity index (χ3n) is 3.79. The molecule has 0 atom stereocenters. The molecule has 0 saturated carbocycles. The van der Waals surface area contributed by atoms with Gasteiger partial charge in [0.25, 0.3) is 0 Å². The van der Waals surface area contributed by atoms with Gasteiger partial charge in [0.2, 0.25) is 16.0 Å². The Morgan fingerprint density at radius 3 is 2.48 bits per heavy atom. The van der Waals surface area contributed by atoms with Crippen LogP contribution in [0.25, 0.3) is 11.0 Å². The van der Waals surface area contributed by atoms with E-state index in [9.17, 15) is 8.42 Å². The maximum Gasteiger partial charge on any atom is 0.238 e. The van der Waals surface area contributed by atoms with Crippen LogP contribution in [0.2, 0.25) is 0 Å². The minimum Gasteiger partial charge on any atom is -0.345 e. The number of primary sulfonamides is 1. The van der Waals surface area contributed by atoms with E-state index in [0.29, 0.717) is 17.5 Å². The minimum atomic E-state index is -3.72. The molecule has 0 saturated heterocycles. The lowest BCUT2D eigenvalue weighted by Gasteiger charge is -2.09. The molecule has 4 rings (SSSR count). The van der Waals surface area contributed by atoms with Crippen molar-refractivity contribution >= 4 is 44.2 Å². The quantitative estimate of drug-likeness (QED) is 0.416. The van der Waals surface area contributed by atoms with Gasteiger partial charge in [-0.05, 0) is 48.5 Å². The second-order valence-corrected chi connectivity index (χ2v) is 7.28. The molecule has 0 bridgehead atoms. The molecule has 27 heavy (non-hydrogen) atoms. The van der Waals surface area contributed by atoms with Gasteiger partial charge in [0.15, 0.2) is 0 Å². The Balaban J connectivity index is 1.51. The van der Waals surface area contributed by atoms with Gasteiger partial charge in [-0.1, -0.05) is 0 Å². The first-order valence-corrected chi connectivity index (χ1v) is 9.45. The van der Waals surface area contributed by atoms with Crippen LogP contribution >= 0.6 is 0 Å².